The summed E-state index contributed by atoms with van der Waals surface area (Å²) in [5, 5.41) is 7.21. The maximum absolute atomic E-state index is 11.9. The molecule has 116 valence electrons. The Morgan fingerprint density at radius 1 is 1.32 bits per heavy atom. The zero-order chi connectivity index (χ0) is 15.5. The summed E-state index contributed by atoms with van der Waals surface area (Å²) in [6.45, 7) is 0.494. The van der Waals surface area contributed by atoms with Crippen molar-refractivity contribution in [1.29, 1.82) is 0 Å². The number of anilines is 1. The third-order valence-electron chi connectivity index (χ3n) is 3.72. The lowest BCUT2D eigenvalue weighted by Gasteiger charge is -2.14. The molecule has 1 aliphatic rings. The Morgan fingerprint density at radius 3 is 2.82 bits per heavy atom. The molecule has 0 spiro atoms. The molecule has 1 amide bonds. The lowest BCUT2D eigenvalue weighted by molar-refractivity contribution is -0.117. The molecule has 0 radical (unpaired) electrons. The minimum absolute atomic E-state index is 0.0688. The van der Waals surface area contributed by atoms with Crippen molar-refractivity contribution in [2.24, 2.45) is 5.92 Å². The van der Waals surface area contributed by atoms with Crippen LogP contribution in [0, 0.1) is 5.92 Å². The molecule has 1 fully saturated rings. The quantitative estimate of drug-likeness (QED) is 0.889. The van der Waals surface area contributed by atoms with Gasteiger partial charge in [0.1, 0.15) is 5.82 Å². The van der Waals surface area contributed by atoms with Gasteiger partial charge in [0.05, 0.1) is 27.0 Å². The lowest BCUT2D eigenvalue weighted by atomic mass is 10.2. The van der Waals surface area contributed by atoms with Crippen LogP contribution in [0.4, 0.5) is 5.82 Å². The average Bonchev–Trinajstić information content (AvgIpc) is 3.30. The van der Waals surface area contributed by atoms with Gasteiger partial charge in [-0.05, 0) is 18.9 Å². The van der Waals surface area contributed by atoms with Crippen LogP contribution in [0.15, 0.2) is 30.5 Å². The van der Waals surface area contributed by atoms with Gasteiger partial charge in [-0.1, -0.05) is 12.1 Å². The molecule has 22 heavy (non-hydrogen) atoms. The van der Waals surface area contributed by atoms with Crippen molar-refractivity contribution in [2.45, 2.75) is 19.4 Å². The molecule has 2 aromatic rings. The second-order valence-electron chi connectivity index (χ2n) is 5.29. The van der Waals surface area contributed by atoms with Crippen molar-refractivity contribution in [3.8, 4) is 11.5 Å². The van der Waals surface area contributed by atoms with Gasteiger partial charge in [-0.15, -0.1) is 0 Å². The molecule has 1 aliphatic carbocycles. The van der Waals surface area contributed by atoms with Crippen LogP contribution in [-0.2, 0) is 11.3 Å². The molecule has 1 heterocycles. The number of aromatic nitrogens is 2. The van der Waals surface area contributed by atoms with Crippen molar-refractivity contribution in [3.05, 3.63) is 36.0 Å². The fourth-order valence-corrected chi connectivity index (χ4v) is 2.38. The molecule has 0 aliphatic heterocycles. The Kier molecular flexibility index (Phi) is 4.00. The summed E-state index contributed by atoms with van der Waals surface area (Å²) in [4.78, 5) is 11.9. The van der Waals surface area contributed by atoms with E-state index in [9.17, 15) is 4.79 Å². The van der Waals surface area contributed by atoms with Gasteiger partial charge in [0, 0.05) is 17.5 Å². The van der Waals surface area contributed by atoms with Crippen molar-refractivity contribution in [3.63, 3.8) is 0 Å². The average molecular weight is 301 g/mol. The molecular weight excluding hydrogens is 282 g/mol. The maximum atomic E-state index is 11.9. The SMILES string of the molecule is COc1cccc(Cn2nccc2NC(=O)C2CC2)c1OC. The lowest BCUT2D eigenvalue weighted by Crippen LogP contribution is -2.17. The van der Waals surface area contributed by atoms with Gasteiger partial charge >= 0.3 is 0 Å². The number of ether oxygens (including phenoxy) is 2. The zero-order valence-electron chi connectivity index (χ0n) is 12.7. The number of amides is 1. The second kappa shape index (κ2) is 6.09. The number of nitrogens with zero attached hydrogens (tertiary/aromatic N) is 2. The van der Waals surface area contributed by atoms with Crippen LogP contribution < -0.4 is 14.8 Å². The summed E-state index contributed by atoms with van der Waals surface area (Å²) >= 11 is 0. The number of hydrogen-bond acceptors (Lipinski definition) is 4. The zero-order valence-corrected chi connectivity index (χ0v) is 12.7. The van der Waals surface area contributed by atoms with Crippen LogP contribution in [0.5, 0.6) is 11.5 Å². The van der Waals surface area contributed by atoms with E-state index in [1.807, 2.05) is 18.2 Å². The van der Waals surface area contributed by atoms with E-state index >= 15 is 0 Å². The van der Waals surface area contributed by atoms with Gasteiger partial charge in [-0.2, -0.15) is 5.10 Å². The first kappa shape index (κ1) is 14.4. The summed E-state index contributed by atoms with van der Waals surface area (Å²) in [6.07, 6.45) is 3.63. The highest BCUT2D eigenvalue weighted by Crippen LogP contribution is 2.32. The van der Waals surface area contributed by atoms with Crippen molar-refractivity contribution < 1.29 is 14.3 Å². The molecule has 1 N–H and O–H groups in total. The van der Waals surface area contributed by atoms with E-state index in [-0.39, 0.29) is 11.8 Å². The van der Waals surface area contributed by atoms with E-state index in [1.165, 1.54) is 0 Å². The highest BCUT2D eigenvalue weighted by molar-refractivity contribution is 5.93. The normalized spacial score (nSPS) is 13.7. The van der Waals surface area contributed by atoms with Gasteiger partial charge in [-0.3, -0.25) is 4.79 Å². The number of nitrogens with one attached hydrogen (secondary N) is 1. The van der Waals surface area contributed by atoms with Crippen LogP contribution >= 0.6 is 0 Å². The molecule has 0 bridgehead atoms. The third kappa shape index (κ3) is 2.90. The Labute approximate surface area is 129 Å². The topological polar surface area (TPSA) is 65.4 Å². The first-order chi connectivity index (χ1) is 10.7. The Bertz CT molecular complexity index is 677. The first-order valence-corrected chi connectivity index (χ1v) is 7.25. The summed E-state index contributed by atoms with van der Waals surface area (Å²) in [5.74, 6) is 2.28. The van der Waals surface area contributed by atoms with Crippen molar-refractivity contribution in [1.82, 2.24) is 9.78 Å². The minimum atomic E-state index is 0.0688. The molecule has 1 aromatic heterocycles. The predicted octanol–water partition coefficient (Wildman–Crippen LogP) is 2.30. The standard InChI is InChI=1S/C16H19N3O3/c1-21-13-5-3-4-12(15(13)22-2)10-19-14(8-9-17-19)18-16(20)11-6-7-11/h3-5,8-9,11H,6-7,10H2,1-2H3,(H,18,20). The van der Waals surface area contributed by atoms with E-state index in [0.29, 0.717) is 23.9 Å². The summed E-state index contributed by atoms with van der Waals surface area (Å²) < 4.78 is 12.5. The molecule has 6 heteroatoms. The van der Waals surface area contributed by atoms with Gasteiger partial charge in [-0.25, -0.2) is 4.68 Å². The molecule has 0 unspecified atom stereocenters. The minimum Gasteiger partial charge on any atom is -0.493 e. The maximum Gasteiger partial charge on any atom is 0.228 e. The Balaban J connectivity index is 1.81. The van der Waals surface area contributed by atoms with E-state index < -0.39 is 0 Å². The smallest absolute Gasteiger partial charge is 0.228 e. The molecule has 0 atom stereocenters. The number of benzene rings is 1. The van der Waals surface area contributed by atoms with Crippen molar-refractivity contribution >= 4 is 11.7 Å². The predicted molar refractivity (Wildman–Crippen MR) is 82.2 cm³/mol. The summed E-state index contributed by atoms with van der Waals surface area (Å²) in [7, 11) is 3.22. The fourth-order valence-electron chi connectivity index (χ4n) is 2.38. The van der Waals surface area contributed by atoms with Crippen LogP contribution in [0.1, 0.15) is 18.4 Å². The fraction of sp³-hybridized carbons (Fsp3) is 0.375. The Hall–Kier alpha value is -2.50. The molecule has 6 nitrogen and oxygen atoms in total. The largest absolute Gasteiger partial charge is 0.493 e. The van der Waals surface area contributed by atoms with Crippen LogP contribution in [-0.4, -0.2) is 29.9 Å². The number of rotatable bonds is 6. The highest BCUT2D eigenvalue weighted by atomic mass is 16.5. The van der Waals surface area contributed by atoms with E-state index in [1.54, 1.807) is 31.2 Å². The number of carbonyl (C=O) groups excluding carboxylic acids is 1. The third-order valence-corrected chi connectivity index (χ3v) is 3.72. The molecule has 0 saturated heterocycles. The second-order valence-corrected chi connectivity index (χ2v) is 5.29. The van der Waals surface area contributed by atoms with Crippen LogP contribution in [0.3, 0.4) is 0 Å². The molecule has 1 saturated carbocycles. The van der Waals surface area contributed by atoms with Crippen molar-refractivity contribution in [2.75, 3.05) is 19.5 Å². The number of hydrogen-bond donors (Lipinski definition) is 1. The summed E-state index contributed by atoms with van der Waals surface area (Å²) in [5.41, 5.74) is 0.937. The van der Waals surface area contributed by atoms with E-state index in [4.69, 9.17) is 9.47 Å². The van der Waals surface area contributed by atoms with Crippen LogP contribution in [0.25, 0.3) is 0 Å². The highest BCUT2D eigenvalue weighted by Gasteiger charge is 2.30. The molecular formula is C16H19N3O3. The van der Waals surface area contributed by atoms with Crippen LogP contribution in [0.2, 0.25) is 0 Å². The van der Waals surface area contributed by atoms with E-state index in [0.717, 1.165) is 18.4 Å². The van der Waals surface area contributed by atoms with Gasteiger partial charge < -0.3 is 14.8 Å². The van der Waals surface area contributed by atoms with Gasteiger partial charge in [0.2, 0.25) is 5.91 Å². The number of carbonyl (C=O) groups is 1. The summed E-state index contributed by atoms with van der Waals surface area (Å²) in [6, 6.07) is 7.51. The molecule has 3 rings (SSSR count). The molecule has 1 aromatic carbocycles. The van der Waals surface area contributed by atoms with Gasteiger partial charge in [0.25, 0.3) is 0 Å². The number of methoxy groups -OCH3 is 2. The van der Waals surface area contributed by atoms with E-state index in [2.05, 4.69) is 10.4 Å². The monoisotopic (exact) mass is 301 g/mol. The Morgan fingerprint density at radius 2 is 2.14 bits per heavy atom. The van der Waals surface area contributed by atoms with Gasteiger partial charge in [0.15, 0.2) is 11.5 Å². The number of para-hydroxylation sites is 1. The first-order valence-electron chi connectivity index (χ1n) is 7.25.